The molecule has 0 aromatic carbocycles. The number of ketones is 1. The number of nitrogens with zero attached hydrogens (tertiary/aromatic N) is 1. The molecule has 0 aliphatic heterocycles. The van der Waals surface area contributed by atoms with E-state index in [4.69, 9.17) is 0 Å². The summed E-state index contributed by atoms with van der Waals surface area (Å²) in [6.07, 6.45) is 5.41. The first-order valence-corrected chi connectivity index (χ1v) is 6.23. The summed E-state index contributed by atoms with van der Waals surface area (Å²) in [6, 6.07) is 1.49. The Balaban J connectivity index is 2.14. The van der Waals surface area contributed by atoms with E-state index in [1.54, 1.807) is 0 Å². The Morgan fingerprint density at radius 1 is 1.35 bits per heavy atom. The van der Waals surface area contributed by atoms with E-state index in [1.165, 1.54) is 12.3 Å². The average molecular weight is 235 g/mol. The molecule has 0 radical (unpaired) electrons. The predicted molar refractivity (Wildman–Crippen MR) is 64.2 cm³/mol. The molecule has 1 aromatic heterocycles. The van der Waals surface area contributed by atoms with Crippen LogP contribution in [0.2, 0.25) is 0 Å². The molecule has 1 heterocycles. The molecule has 3 unspecified atom stereocenters. The van der Waals surface area contributed by atoms with E-state index in [0.29, 0.717) is 11.8 Å². The molecule has 3 atom stereocenters. The summed E-state index contributed by atoms with van der Waals surface area (Å²) in [5.74, 6) is 0.648. The van der Waals surface area contributed by atoms with Gasteiger partial charge in [0, 0.05) is 12.1 Å². The van der Waals surface area contributed by atoms with Gasteiger partial charge in [-0.2, -0.15) is 0 Å². The molecule has 0 spiro atoms. The van der Waals surface area contributed by atoms with Gasteiger partial charge in [0.25, 0.3) is 0 Å². The third-order valence-electron chi connectivity index (χ3n) is 4.01. The van der Waals surface area contributed by atoms with E-state index in [9.17, 15) is 9.18 Å². The Morgan fingerprint density at radius 2 is 2.12 bits per heavy atom. The molecule has 17 heavy (non-hydrogen) atoms. The molecule has 3 heteroatoms. The van der Waals surface area contributed by atoms with Gasteiger partial charge in [-0.3, -0.25) is 9.78 Å². The normalized spacial score (nSPS) is 29.0. The Hall–Kier alpha value is -1.25. The highest BCUT2D eigenvalue weighted by Gasteiger charge is 2.30. The molecular formula is C14H18FNO. The molecule has 1 saturated carbocycles. The lowest BCUT2D eigenvalue weighted by Crippen LogP contribution is -2.27. The van der Waals surface area contributed by atoms with Crippen molar-refractivity contribution in [2.24, 2.45) is 17.8 Å². The lowest BCUT2D eigenvalue weighted by Gasteiger charge is -2.31. The summed E-state index contributed by atoms with van der Waals surface area (Å²) in [5, 5.41) is 0. The number of Topliss-reactive ketones (excluding diaryl/α,β-unsaturated/α-hetero) is 1. The Kier molecular flexibility index (Phi) is 3.55. The van der Waals surface area contributed by atoms with Crippen LogP contribution in [0.4, 0.5) is 4.39 Å². The minimum absolute atomic E-state index is 0.0156. The lowest BCUT2D eigenvalue weighted by atomic mass is 9.73. The summed E-state index contributed by atoms with van der Waals surface area (Å²) in [5.41, 5.74) is 0.201. The van der Waals surface area contributed by atoms with Gasteiger partial charge in [-0.1, -0.05) is 13.8 Å². The van der Waals surface area contributed by atoms with Gasteiger partial charge in [0.15, 0.2) is 11.6 Å². The molecule has 1 aromatic rings. The Bertz CT molecular complexity index is 418. The molecule has 1 fully saturated rings. The van der Waals surface area contributed by atoms with Gasteiger partial charge < -0.3 is 0 Å². The number of hydrogen-bond acceptors (Lipinski definition) is 2. The summed E-state index contributed by atoms with van der Waals surface area (Å²) >= 11 is 0. The Labute approximate surface area is 101 Å². The van der Waals surface area contributed by atoms with Gasteiger partial charge in [-0.15, -0.1) is 0 Å². The van der Waals surface area contributed by atoms with Crippen molar-refractivity contribution in [3.63, 3.8) is 0 Å². The molecule has 1 aliphatic carbocycles. The van der Waals surface area contributed by atoms with E-state index in [2.05, 4.69) is 18.8 Å². The van der Waals surface area contributed by atoms with Crippen molar-refractivity contribution in [1.29, 1.82) is 0 Å². The topological polar surface area (TPSA) is 30.0 Å². The molecule has 0 bridgehead atoms. The van der Waals surface area contributed by atoms with Crippen LogP contribution in [0.15, 0.2) is 18.5 Å². The fraction of sp³-hybridized carbons (Fsp3) is 0.571. The van der Waals surface area contributed by atoms with Crippen molar-refractivity contribution < 1.29 is 9.18 Å². The van der Waals surface area contributed by atoms with E-state index in [-0.39, 0.29) is 17.3 Å². The number of aromatic nitrogens is 1. The van der Waals surface area contributed by atoms with Crippen molar-refractivity contribution >= 4 is 5.78 Å². The highest BCUT2D eigenvalue weighted by molar-refractivity contribution is 5.98. The van der Waals surface area contributed by atoms with Crippen LogP contribution in [-0.4, -0.2) is 10.8 Å². The number of rotatable bonds is 2. The maximum Gasteiger partial charge on any atom is 0.169 e. The second kappa shape index (κ2) is 4.94. The van der Waals surface area contributed by atoms with Crippen molar-refractivity contribution in [2.45, 2.75) is 33.1 Å². The second-order valence-corrected chi connectivity index (χ2v) is 5.18. The first kappa shape index (κ1) is 12.2. The van der Waals surface area contributed by atoms with Gasteiger partial charge in [0.1, 0.15) is 0 Å². The van der Waals surface area contributed by atoms with Crippen molar-refractivity contribution in [1.82, 2.24) is 4.98 Å². The molecule has 0 amide bonds. The number of hydrogen-bond donors (Lipinski definition) is 0. The van der Waals surface area contributed by atoms with Gasteiger partial charge in [0.05, 0.1) is 11.8 Å². The number of carbonyl (C=O) groups is 1. The van der Waals surface area contributed by atoms with Gasteiger partial charge >= 0.3 is 0 Å². The summed E-state index contributed by atoms with van der Waals surface area (Å²) in [7, 11) is 0. The summed E-state index contributed by atoms with van der Waals surface area (Å²) in [6.45, 7) is 4.39. The molecule has 2 rings (SSSR count). The first-order valence-electron chi connectivity index (χ1n) is 6.23. The van der Waals surface area contributed by atoms with E-state index < -0.39 is 5.82 Å². The highest BCUT2D eigenvalue weighted by atomic mass is 19.1. The molecule has 92 valence electrons. The fourth-order valence-corrected chi connectivity index (χ4v) is 2.58. The zero-order valence-corrected chi connectivity index (χ0v) is 10.3. The van der Waals surface area contributed by atoms with E-state index >= 15 is 0 Å². The quantitative estimate of drug-likeness (QED) is 0.735. The predicted octanol–water partition coefficient (Wildman–Crippen LogP) is 3.48. The highest BCUT2D eigenvalue weighted by Crippen LogP contribution is 2.35. The standard InChI is InChI=1S/C14H18FNO/c1-9-3-4-11(7-10(9)2)14(17)12-5-6-16-8-13(12)15/h5-6,8-11H,3-4,7H2,1-2H3. The van der Waals surface area contributed by atoms with Gasteiger partial charge in [-0.25, -0.2) is 4.39 Å². The second-order valence-electron chi connectivity index (χ2n) is 5.18. The van der Waals surface area contributed by atoms with Gasteiger partial charge in [-0.05, 0) is 37.2 Å². The van der Waals surface area contributed by atoms with Gasteiger partial charge in [0.2, 0.25) is 0 Å². The van der Waals surface area contributed by atoms with Crippen LogP contribution < -0.4 is 0 Å². The Morgan fingerprint density at radius 3 is 2.76 bits per heavy atom. The minimum atomic E-state index is -0.497. The number of pyridine rings is 1. The first-order chi connectivity index (χ1) is 8.09. The maximum atomic E-state index is 13.5. The maximum absolute atomic E-state index is 13.5. The zero-order chi connectivity index (χ0) is 12.4. The minimum Gasteiger partial charge on any atom is -0.294 e. The number of carbonyl (C=O) groups excluding carboxylic acids is 1. The van der Waals surface area contributed by atoms with Crippen LogP contribution in [-0.2, 0) is 0 Å². The van der Waals surface area contributed by atoms with Crippen LogP contribution in [0.1, 0.15) is 43.5 Å². The average Bonchev–Trinajstić information content (AvgIpc) is 2.32. The molecule has 0 saturated heterocycles. The largest absolute Gasteiger partial charge is 0.294 e. The van der Waals surface area contributed by atoms with Crippen molar-refractivity contribution in [2.75, 3.05) is 0 Å². The van der Waals surface area contributed by atoms with Crippen molar-refractivity contribution in [3.05, 3.63) is 29.8 Å². The van der Waals surface area contributed by atoms with Crippen LogP contribution in [0.5, 0.6) is 0 Å². The lowest BCUT2D eigenvalue weighted by molar-refractivity contribution is 0.0833. The summed E-state index contributed by atoms with van der Waals surface area (Å²) in [4.78, 5) is 15.9. The SMILES string of the molecule is CC1CCC(C(=O)c2ccncc2F)CC1C. The third-order valence-corrected chi connectivity index (χ3v) is 4.01. The molecule has 2 nitrogen and oxygen atoms in total. The van der Waals surface area contributed by atoms with Crippen LogP contribution in [0.3, 0.4) is 0 Å². The molecule has 1 aliphatic rings. The smallest absolute Gasteiger partial charge is 0.169 e. The van der Waals surface area contributed by atoms with Crippen LogP contribution in [0, 0.1) is 23.6 Å². The summed E-state index contributed by atoms with van der Waals surface area (Å²) < 4.78 is 13.5. The monoisotopic (exact) mass is 235 g/mol. The molecular weight excluding hydrogens is 217 g/mol. The zero-order valence-electron chi connectivity index (χ0n) is 10.3. The van der Waals surface area contributed by atoms with Crippen LogP contribution >= 0.6 is 0 Å². The van der Waals surface area contributed by atoms with Crippen LogP contribution in [0.25, 0.3) is 0 Å². The molecule has 0 N–H and O–H groups in total. The van der Waals surface area contributed by atoms with E-state index in [0.717, 1.165) is 25.5 Å². The third kappa shape index (κ3) is 2.54. The van der Waals surface area contributed by atoms with Crippen molar-refractivity contribution in [3.8, 4) is 0 Å². The number of halogens is 1. The fourth-order valence-electron chi connectivity index (χ4n) is 2.58. The van der Waals surface area contributed by atoms with E-state index in [1.807, 2.05) is 0 Å².